The van der Waals surface area contributed by atoms with Gasteiger partial charge in [-0.2, -0.15) is 0 Å². The summed E-state index contributed by atoms with van der Waals surface area (Å²) >= 11 is 0. The Kier molecular flexibility index (Phi) is 3.32. The Labute approximate surface area is 76.5 Å². The van der Waals surface area contributed by atoms with Crippen LogP contribution in [0.1, 0.15) is 26.2 Å². The van der Waals surface area contributed by atoms with Crippen molar-refractivity contribution in [2.75, 3.05) is 12.4 Å². The molecule has 12 heavy (non-hydrogen) atoms. The predicted octanol–water partition coefficient (Wildman–Crippen LogP) is 1.84. The van der Waals surface area contributed by atoms with Gasteiger partial charge in [0.25, 0.3) is 0 Å². The summed E-state index contributed by atoms with van der Waals surface area (Å²) in [5.41, 5.74) is 0. The van der Waals surface area contributed by atoms with Gasteiger partial charge in [0.1, 0.15) is 6.61 Å². The first-order chi connectivity index (χ1) is 5.75. The van der Waals surface area contributed by atoms with E-state index in [-0.39, 0.29) is 4.75 Å². The molecule has 2 atom stereocenters. The highest BCUT2D eigenvalue weighted by Gasteiger charge is 2.39. The smallest absolute Gasteiger partial charge is 0.104 e. The van der Waals surface area contributed by atoms with E-state index in [4.69, 9.17) is 4.74 Å². The largest absolute Gasteiger partial charge is 0.500 e. The lowest BCUT2D eigenvalue weighted by Crippen LogP contribution is -2.34. The second-order valence-electron chi connectivity index (χ2n) is 3.17. The minimum atomic E-state index is -0.694. The van der Waals surface area contributed by atoms with E-state index in [1.165, 1.54) is 6.26 Å². The summed E-state index contributed by atoms with van der Waals surface area (Å²) in [7, 11) is -0.694. The van der Waals surface area contributed by atoms with Gasteiger partial charge in [0, 0.05) is 16.6 Å². The fourth-order valence-corrected chi connectivity index (χ4v) is 3.38. The molecule has 0 aromatic heterocycles. The van der Waals surface area contributed by atoms with Gasteiger partial charge in [-0.05, 0) is 19.3 Å². The molecular weight excluding hydrogens is 172 g/mol. The predicted molar refractivity (Wildman–Crippen MR) is 51.4 cm³/mol. The zero-order valence-electron chi connectivity index (χ0n) is 7.54. The van der Waals surface area contributed by atoms with E-state index in [9.17, 15) is 4.21 Å². The maximum atomic E-state index is 11.6. The van der Waals surface area contributed by atoms with E-state index < -0.39 is 10.8 Å². The lowest BCUT2D eigenvalue weighted by Gasteiger charge is -2.24. The molecule has 0 spiro atoms. The van der Waals surface area contributed by atoms with Crippen LogP contribution in [0, 0.1) is 0 Å². The molecule has 2 unspecified atom stereocenters. The molecule has 0 radical (unpaired) electrons. The van der Waals surface area contributed by atoms with Gasteiger partial charge in [-0.25, -0.2) is 0 Å². The van der Waals surface area contributed by atoms with Gasteiger partial charge in [-0.15, -0.1) is 0 Å². The molecule has 3 heteroatoms. The van der Waals surface area contributed by atoms with Crippen molar-refractivity contribution < 1.29 is 8.95 Å². The first-order valence-electron chi connectivity index (χ1n) is 4.36. The van der Waals surface area contributed by atoms with Crippen molar-refractivity contribution in [3.8, 4) is 0 Å². The van der Waals surface area contributed by atoms with Crippen LogP contribution in [0.25, 0.3) is 0 Å². The van der Waals surface area contributed by atoms with E-state index >= 15 is 0 Å². The molecule has 2 nitrogen and oxygen atoms in total. The van der Waals surface area contributed by atoms with Crippen molar-refractivity contribution >= 4 is 10.8 Å². The van der Waals surface area contributed by atoms with Crippen molar-refractivity contribution in [3.63, 3.8) is 0 Å². The molecule has 0 aromatic carbocycles. The van der Waals surface area contributed by atoms with Crippen molar-refractivity contribution in [3.05, 3.63) is 12.8 Å². The van der Waals surface area contributed by atoms with Gasteiger partial charge in [0.15, 0.2) is 0 Å². The molecule has 0 aromatic rings. The van der Waals surface area contributed by atoms with E-state index in [0.717, 1.165) is 25.0 Å². The summed E-state index contributed by atoms with van der Waals surface area (Å²) in [5, 5.41) is 0. The van der Waals surface area contributed by atoms with Crippen molar-refractivity contribution in [2.24, 2.45) is 0 Å². The molecule has 1 saturated heterocycles. The third kappa shape index (κ3) is 1.71. The molecule has 0 N–H and O–H groups in total. The number of ether oxygens (including phenoxy) is 1. The second-order valence-corrected chi connectivity index (χ2v) is 5.13. The van der Waals surface area contributed by atoms with Crippen LogP contribution < -0.4 is 0 Å². The molecule has 70 valence electrons. The standard InChI is InChI=1S/C9H16O2S/c1-3-9(8-11-4-2)6-5-7-12(9)10/h4H,2-3,5-8H2,1H3. The van der Waals surface area contributed by atoms with E-state index in [0.29, 0.717) is 6.61 Å². The normalized spacial score (nSPS) is 34.9. The van der Waals surface area contributed by atoms with Crippen molar-refractivity contribution in [1.82, 2.24) is 0 Å². The molecule has 1 rings (SSSR count). The Morgan fingerprint density at radius 1 is 1.75 bits per heavy atom. The monoisotopic (exact) mass is 188 g/mol. The van der Waals surface area contributed by atoms with Gasteiger partial charge in [0.05, 0.1) is 11.0 Å². The van der Waals surface area contributed by atoms with Crippen LogP contribution in [0.3, 0.4) is 0 Å². The van der Waals surface area contributed by atoms with Gasteiger partial charge >= 0.3 is 0 Å². The minimum absolute atomic E-state index is 0.0752. The summed E-state index contributed by atoms with van der Waals surface area (Å²) in [6, 6.07) is 0. The molecule has 1 fully saturated rings. The lowest BCUT2D eigenvalue weighted by atomic mass is 10.0. The van der Waals surface area contributed by atoms with Crippen molar-refractivity contribution in [2.45, 2.75) is 30.9 Å². The molecule has 1 aliphatic heterocycles. The molecule has 0 bridgehead atoms. The van der Waals surface area contributed by atoms with E-state index in [2.05, 4.69) is 13.5 Å². The number of rotatable bonds is 4. The average molecular weight is 188 g/mol. The van der Waals surface area contributed by atoms with Crippen LogP contribution in [0.4, 0.5) is 0 Å². The third-order valence-corrected chi connectivity index (χ3v) is 4.79. The summed E-state index contributed by atoms with van der Waals surface area (Å²) in [6.45, 7) is 6.14. The van der Waals surface area contributed by atoms with Gasteiger partial charge in [-0.1, -0.05) is 13.5 Å². The summed E-state index contributed by atoms with van der Waals surface area (Å²) in [5.74, 6) is 0.842. The van der Waals surface area contributed by atoms with Crippen LogP contribution in [-0.2, 0) is 15.5 Å². The molecule has 0 saturated carbocycles. The molecular formula is C9H16O2S. The zero-order chi connectivity index (χ0) is 9.03. The van der Waals surface area contributed by atoms with Gasteiger partial charge in [-0.3, -0.25) is 4.21 Å². The Morgan fingerprint density at radius 2 is 2.50 bits per heavy atom. The minimum Gasteiger partial charge on any atom is -0.500 e. The topological polar surface area (TPSA) is 26.3 Å². The van der Waals surface area contributed by atoms with Crippen LogP contribution in [0.15, 0.2) is 12.8 Å². The number of hydrogen-bond acceptors (Lipinski definition) is 2. The Bertz CT molecular complexity index is 191. The van der Waals surface area contributed by atoms with E-state index in [1.807, 2.05) is 0 Å². The van der Waals surface area contributed by atoms with Crippen LogP contribution >= 0.6 is 0 Å². The highest BCUT2D eigenvalue weighted by atomic mass is 32.2. The van der Waals surface area contributed by atoms with E-state index in [1.54, 1.807) is 0 Å². The van der Waals surface area contributed by atoms with Crippen LogP contribution in [0.5, 0.6) is 0 Å². The quantitative estimate of drug-likeness (QED) is 0.629. The number of hydrogen-bond donors (Lipinski definition) is 0. The SMILES string of the molecule is C=COCC1(CC)CCCS1=O. The molecule has 1 aliphatic rings. The average Bonchev–Trinajstić information content (AvgIpc) is 2.45. The fraction of sp³-hybridized carbons (Fsp3) is 0.778. The zero-order valence-corrected chi connectivity index (χ0v) is 8.36. The summed E-state index contributed by atoms with van der Waals surface area (Å²) in [4.78, 5) is 0. The van der Waals surface area contributed by atoms with Gasteiger partial charge < -0.3 is 4.74 Å². The Morgan fingerprint density at radius 3 is 2.92 bits per heavy atom. The second kappa shape index (κ2) is 4.08. The fourth-order valence-electron chi connectivity index (χ4n) is 1.64. The molecule has 1 heterocycles. The first kappa shape index (κ1) is 9.78. The van der Waals surface area contributed by atoms with Crippen molar-refractivity contribution in [1.29, 1.82) is 0 Å². The Balaban J connectivity index is 2.60. The highest BCUT2D eigenvalue weighted by Crippen LogP contribution is 2.32. The van der Waals surface area contributed by atoms with Crippen LogP contribution in [0.2, 0.25) is 0 Å². The Hall–Kier alpha value is -0.310. The third-order valence-electron chi connectivity index (χ3n) is 2.55. The van der Waals surface area contributed by atoms with Crippen LogP contribution in [-0.4, -0.2) is 21.3 Å². The first-order valence-corrected chi connectivity index (χ1v) is 5.68. The highest BCUT2D eigenvalue weighted by molar-refractivity contribution is 7.86. The lowest BCUT2D eigenvalue weighted by molar-refractivity contribution is 0.205. The summed E-state index contributed by atoms with van der Waals surface area (Å²) < 4.78 is 16.7. The molecule has 0 aliphatic carbocycles. The van der Waals surface area contributed by atoms with Gasteiger partial charge in [0.2, 0.25) is 0 Å². The summed E-state index contributed by atoms with van der Waals surface area (Å²) in [6.07, 6.45) is 4.48. The maximum absolute atomic E-state index is 11.6. The molecule has 0 amide bonds. The maximum Gasteiger partial charge on any atom is 0.104 e.